The van der Waals surface area contributed by atoms with Gasteiger partial charge in [0.15, 0.2) is 23.3 Å². The van der Waals surface area contributed by atoms with E-state index in [1.807, 2.05) is 6.92 Å². The average molecular weight is 605 g/mol. The van der Waals surface area contributed by atoms with Gasteiger partial charge in [0, 0.05) is 35.7 Å². The fourth-order valence-corrected chi connectivity index (χ4v) is 5.30. The number of alkyl halides is 2. The summed E-state index contributed by atoms with van der Waals surface area (Å²) in [6.45, 7) is 2.01. The van der Waals surface area contributed by atoms with E-state index in [2.05, 4.69) is 26.9 Å². The lowest BCUT2D eigenvalue weighted by molar-refractivity contribution is -0.189. The van der Waals surface area contributed by atoms with Crippen LogP contribution in [0.15, 0.2) is 67.0 Å². The SMILES string of the molecule is C/C=C/C1CCC(c2cnc(-c3ccc(-c4cc(F)c(C(F)(F)Oc5cc(F)c(F)c(F)c5)c(F)c4)c(F)c3)nc2)CC1. The highest BCUT2D eigenvalue weighted by atomic mass is 19.3. The molecule has 224 valence electrons. The topological polar surface area (TPSA) is 35.0 Å². The molecule has 0 aliphatic heterocycles. The van der Waals surface area contributed by atoms with Crippen LogP contribution in [0.25, 0.3) is 22.5 Å². The lowest BCUT2D eigenvalue weighted by Gasteiger charge is -2.26. The average Bonchev–Trinajstić information content (AvgIpc) is 2.95. The number of nitrogens with zero attached hydrogens (tertiary/aromatic N) is 2. The first-order valence-electron chi connectivity index (χ1n) is 13.4. The summed E-state index contributed by atoms with van der Waals surface area (Å²) in [6, 6.07) is 4.82. The number of hydrogen-bond acceptors (Lipinski definition) is 3. The zero-order valence-electron chi connectivity index (χ0n) is 22.7. The van der Waals surface area contributed by atoms with Gasteiger partial charge in [0.05, 0.1) is 0 Å². The van der Waals surface area contributed by atoms with E-state index >= 15 is 4.39 Å². The highest BCUT2D eigenvalue weighted by Gasteiger charge is 2.41. The van der Waals surface area contributed by atoms with E-state index in [1.54, 1.807) is 12.4 Å². The summed E-state index contributed by atoms with van der Waals surface area (Å²) >= 11 is 0. The first kappa shape index (κ1) is 30.2. The molecule has 0 saturated heterocycles. The molecule has 0 amide bonds. The van der Waals surface area contributed by atoms with E-state index in [0.29, 0.717) is 29.5 Å². The maximum atomic E-state index is 15.1. The summed E-state index contributed by atoms with van der Waals surface area (Å²) in [6.07, 6.45) is 7.09. The first-order valence-corrected chi connectivity index (χ1v) is 13.4. The molecule has 11 heteroatoms. The summed E-state index contributed by atoms with van der Waals surface area (Å²) in [5.41, 5.74) is -1.30. The van der Waals surface area contributed by atoms with Gasteiger partial charge >= 0.3 is 6.11 Å². The molecule has 0 atom stereocenters. The molecule has 0 bridgehead atoms. The molecule has 1 aliphatic rings. The summed E-state index contributed by atoms with van der Waals surface area (Å²) in [4.78, 5) is 8.73. The van der Waals surface area contributed by atoms with E-state index in [4.69, 9.17) is 0 Å². The number of halogens is 8. The first-order chi connectivity index (χ1) is 20.5. The Morgan fingerprint density at radius 3 is 1.88 bits per heavy atom. The van der Waals surface area contributed by atoms with Crippen LogP contribution in [0.1, 0.15) is 49.7 Å². The Kier molecular flexibility index (Phi) is 8.52. The molecule has 1 aliphatic carbocycles. The molecule has 5 rings (SSSR count). The van der Waals surface area contributed by atoms with Gasteiger partial charge in [-0.05, 0) is 73.8 Å². The van der Waals surface area contributed by atoms with Crippen molar-refractivity contribution < 1.29 is 39.9 Å². The lowest BCUT2D eigenvalue weighted by Crippen LogP contribution is -2.25. The molecule has 0 N–H and O–H groups in total. The van der Waals surface area contributed by atoms with Crippen LogP contribution in [-0.2, 0) is 6.11 Å². The second kappa shape index (κ2) is 12.1. The molecule has 1 saturated carbocycles. The van der Waals surface area contributed by atoms with Gasteiger partial charge in [0.1, 0.15) is 28.8 Å². The molecule has 0 radical (unpaired) electrons. The van der Waals surface area contributed by atoms with Crippen LogP contribution < -0.4 is 4.74 Å². The number of aromatic nitrogens is 2. The predicted octanol–water partition coefficient (Wildman–Crippen LogP) is 9.62. The van der Waals surface area contributed by atoms with Gasteiger partial charge in [0.2, 0.25) is 0 Å². The Balaban J connectivity index is 1.34. The van der Waals surface area contributed by atoms with Crippen LogP contribution in [0.4, 0.5) is 35.1 Å². The molecule has 43 heavy (non-hydrogen) atoms. The van der Waals surface area contributed by atoms with Crippen molar-refractivity contribution in [2.75, 3.05) is 0 Å². The second-order valence-corrected chi connectivity index (χ2v) is 10.3. The van der Waals surface area contributed by atoms with Gasteiger partial charge in [-0.2, -0.15) is 8.78 Å². The third-order valence-corrected chi connectivity index (χ3v) is 7.45. The van der Waals surface area contributed by atoms with E-state index in [0.717, 1.165) is 37.3 Å². The van der Waals surface area contributed by atoms with Crippen LogP contribution in [0, 0.1) is 40.8 Å². The second-order valence-electron chi connectivity index (χ2n) is 10.3. The predicted molar refractivity (Wildman–Crippen MR) is 143 cm³/mol. The third-order valence-electron chi connectivity index (χ3n) is 7.45. The van der Waals surface area contributed by atoms with Crippen molar-refractivity contribution in [3.63, 3.8) is 0 Å². The van der Waals surface area contributed by atoms with Gasteiger partial charge in [-0.3, -0.25) is 0 Å². The van der Waals surface area contributed by atoms with Crippen molar-refractivity contribution in [3.05, 3.63) is 113 Å². The van der Waals surface area contributed by atoms with E-state index in [9.17, 15) is 30.7 Å². The number of rotatable bonds is 7. The maximum absolute atomic E-state index is 15.1. The summed E-state index contributed by atoms with van der Waals surface area (Å²) in [5, 5.41) is 0. The summed E-state index contributed by atoms with van der Waals surface area (Å²) in [5.74, 6) is -10.2. The quantitative estimate of drug-likeness (QED) is 0.120. The summed E-state index contributed by atoms with van der Waals surface area (Å²) in [7, 11) is 0. The smallest absolute Gasteiger partial charge is 0.429 e. The number of ether oxygens (including phenoxy) is 1. The van der Waals surface area contributed by atoms with Crippen LogP contribution >= 0.6 is 0 Å². The monoisotopic (exact) mass is 604 g/mol. The Bertz CT molecular complexity index is 1620. The van der Waals surface area contributed by atoms with E-state index in [1.165, 1.54) is 12.1 Å². The normalized spacial score (nSPS) is 17.4. The Labute approximate surface area is 241 Å². The van der Waals surface area contributed by atoms with Gasteiger partial charge in [-0.15, -0.1) is 0 Å². The molecule has 1 fully saturated rings. The highest BCUT2D eigenvalue weighted by molar-refractivity contribution is 5.69. The van der Waals surface area contributed by atoms with Crippen LogP contribution in [0.3, 0.4) is 0 Å². The van der Waals surface area contributed by atoms with Crippen molar-refractivity contribution in [1.29, 1.82) is 0 Å². The number of hydrogen-bond donors (Lipinski definition) is 0. The van der Waals surface area contributed by atoms with Gasteiger partial charge in [0.25, 0.3) is 0 Å². The molecule has 4 aromatic rings. The zero-order chi connectivity index (χ0) is 30.9. The van der Waals surface area contributed by atoms with E-state index < -0.39 is 57.9 Å². The summed E-state index contributed by atoms with van der Waals surface area (Å²) < 4.78 is 118. The number of benzene rings is 3. The molecular weight excluding hydrogens is 580 g/mol. The van der Waals surface area contributed by atoms with Crippen molar-refractivity contribution >= 4 is 0 Å². The van der Waals surface area contributed by atoms with Crippen LogP contribution in [0.5, 0.6) is 5.75 Å². The maximum Gasteiger partial charge on any atom is 0.432 e. The van der Waals surface area contributed by atoms with Crippen LogP contribution in [0.2, 0.25) is 0 Å². The lowest BCUT2D eigenvalue weighted by atomic mass is 9.79. The minimum absolute atomic E-state index is 0.0983. The Morgan fingerprint density at radius 1 is 0.744 bits per heavy atom. The van der Waals surface area contributed by atoms with Crippen molar-refractivity contribution in [1.82, 2.24) is 9.97 Å². The fourth-order valence-electron chi connectivity index (χ4n) is 5.30. The molecule has 3 aromatic carbocycles. The molecule has 0 spiro atoms. The van der Waals surface area contributed by atoms with Gasteiger partial charge in [-0.25, -0.2) is 36.3 Å². The van der Waals surface area contributed by atoms with Crippen molar-refractivity contribution in [2.24, 2.45) is 5.92 Å². The Morgan fingerprint density at radius 2 is 1.33 bits per heavy atom. The number of allylic oxidation sites excluding steroid dienone is 2. The van der Waals surface area contributed by atoms with Gasteiger partial charge in [-0.1, -0.05) is 24.3 Å². The highest BCUT2D eigenvalue weighted by Crippen LogP contribution is 2.39. The van der Waals surface area contributed by atoms with Gasteiger partial charge < -0.3 is 4.74 Å². The van der Waals surface area contributed by atoms with Crippen molar-refractivity contribution in [3.8, 4) is 28.3 Å². The minimum atomic E-state index is -4.76. The minimum Gasteiger partial charge on any atom is -0.429 e. The Hall–Kier alpha value is -4.28. The molecule has 1 heterocycles. The fraction of sp³-hybridized carbons (Fsp3) is 0.250. The molecular formula is C32H24F8N2O. The van der Waals surface area contributed by atoms with Crippen LogP contribution in [-0.4, -0.2) is 9.97 Å². The van der Waals surface area contributed by atoms with Crippen molar-refractivity contribution in [2.45, 2.75) is 44.6 Å². The molecule has 3 nitrogen and oxygen atoms in total. The van der Waals surface area contributed by atoms with E-state index in [-0.39, 0.29) is 23.5 Å². The standard InChI is InChI=1S/C32H24F8N2O/c1-2-3-17-4-6-18(7-5-17)21-15-41-31(42-16-21)19-8-9-23(24(33)10-19)20-11-25(34)29(26(35)12-20)32(39,40)43-22-13-27(36)30(38)28(37)14-22/h2-3,8-18H,4-7H2,1H3/b3-2+. The largest absolute Gasteiger partial charge is 0.432 e. The molecule has 0 unspecified atom stereocenters. The zero-order valence-corrected chi connectivity index (χ0v) is 22.7. The molecule has 1 aromatic heterocycles. The third kappa shape index (κ3) is 6.40.